The minimum absolute atomic E-state index is 0.294. The highest BCUT2D eigenvalue weighted by molar-refractivity contribution is 6.33. The summed E-state index contributed by atoms with van der Waals surface area (Å²) >= 11 is 6.12. The highest BCUT2D eigenvalue weighted by atomic mass is 35.5. The van der Waals surface area contributed by atoms with Crippen LogP contribution in [0.1, 0.15) is 16.8 Å². The number of ether oxygens (including phenoxy) is 1. The van der Waals surface area contributed by atoms with E-state index in [1.54, 1.807) is 0 Å². The molecule has 2 rings (SSSR count). The maximum absolute atomic E-state index is 10.2. The summed E-state index contributed by atoms with van der Waals surface area (Å²) in [4.78, 5) is 18.3. The van der Waals surface area contributed by atoms with E-state index in [9.17, 15) is 4.91 Å². The summed E-state index contributed by atoms with van der Waals surface area (Å²) in [6.45, 7) is 5.16. The molecule has 0 aliphatic heterocycles. The first kappa shape index (κ1) is 17.1. The fourth-order valence-corrected chi connectivity index (χ4v) is 2.28. The molecule has 0 amide bonds. The van der Waals surface area contributed by atoms with E-state index < -0.39 is 0 Å². The lowest BCUT2D eigenvalue weighted by Gasteiger charge is -2.12. The van der Waals surface area contributed by atoms with Crippen molar-refractivity contribution >= 4 is 17.4 Å². The second kappa shape index (κ2) is 8.43. The molecule has 1 aromatic heterocycles. The molecule has 0 aliphatic carbocycles. The van der Waals surface area contributed by atoms with Gasteiger partial charge in [0, 0.05) is 0 Å². The molecule has 2 aromatic rings. The zero-order chi connectivity index (χ0) is 16.7. The smallest absolute Gasteiger partial charge is 0.148 e. The summed E-state index contributed by atoms with van der Waals surface area (Å²) in [7, 11) is 0. The number of benzene rings is 1. The Morgan fingerprint density at radius 1 is 1.30 bits per heavy atom. The Morgan fingerprint density at radius 2 is 2.13 bits per heavy atom. The topological polar surface area (TPSA) is 76.5 Å². The van der Waals surface area contributed by atoms with Gasteiger partial charge in [-0.2, -0.15) is 4.91 Å². The van der Waals surface area contributed by atoms with Gasteiger partial charge in [-0.3, -0.25) is 0 Å². The molecule has 0 unspecified atom stereocenters. The number of nitrogens with one attached hydrogen (secondary N) is 1. The molecule has 6 nitrogen and oxygen atoms in total. The van der Waals surface area contributed by atoms with E-state index in [1.807, 2.05) is 32.0 Å². The Balaban J connectivity index is 1.84. The summed E-state index contributed by atoms with van der Waals surface area (Å²) in [6.07, 6.45) is 2.12. The summed E-state index contributed by atoms with van der Waals surface area (Å²) in [6, 6.07) is 5.88. The maximum Gasteiger partial charge on any atom is 0.148 e. The molecule has 0 aliphatic rings. The number of nitroso groups, excluding NO2 is 1. The molecule has 1 N–H and O–H groups in total. The molecule has 0 radical (unpaired) electrons. The molecule has 0 saturated carbocycles. The van der Waals surface area contributed by atoms with Gasteiger partial charge >= 0.3 is 0 Å². The van der Waals surface area contributed by atoms with E-state index in [0.29, 0.717) is 37.0 Å². The molecule has 23 heavy (non-hydrogen) atoms. The molecular formula is C16H19ClN4O2. The second-order valence-electron chi connectivity index (χ2n) is 5.10. The Kier molecular flexibility index (Phi) is 6.29. The van der Waals surface area contributed by atoms with E-state index >= 15 is 0 Å². The number of halogens is 1. The summed E-state index contributed by atoms with van der Waals surface area (Å²) in [5, 5.41) is 6.53. The Morgan fingerprint density at radius 3 is 2.87 bits per heavy atom. The van der Waals surface area contributed by atoms with Crippen LogP contribution in [0.2, 0.25) is 5.02 Å². The number of aromatic nitrogens is 2. The van der Waals surface area contributed by atoms with Crippen LogP contribution in [0.3, 0.4) is 0 Å². The number of rotatable bonds is 8. The highest BCUT2D eigenvalue weighted by Gasteiger charge is 2.05. The van der Waals surface area contributed by atoms with Crippen LogP contribution in [-0.2, 0) is 6.42 Å². The molecule has 1 aromatic carbocycles. The second-order valence-corrected chi connectivity index (χ2v) is 5.48. The average Bonchev–Trinajstić information content (AvgIpc) is 2.54. The number of aryl methyl sites for hydroxylation is 2. The van der Waals surface area contributed by atoms with E-state index in [2.05, 4.69) is 20.5 Å². The number of anilines is 1. The third-order valence-corrected chi connectivity index (χ3v) is 3.80. The van der Waals surface area contributed by atoms with Gasteiger partial charge in [-0.25, -0.2) is 9.97 Å². The van der Waals surface area contributed by atoms with Crippen molar-refractivity contribution in [2.75, 3.05) is 25.0 Å². The maximum atomic E-state index is 10.2. The summed E-state index contributed by atoms with van der Waals surface area (Å²) in [5.74, 6) is 1.43. The van der Waals surface area contributed by atoms with Crippen molar-refractivity contribution in [3.8, 4) is 5.75 Å². The predicted molar refractivity (Wildman–Crippen MR) is 91.3 cm³/mol. The lowest BCUT2D eigenvalue weighted by molar-refractivity contribution is 0.330. The van der Waals surface area contributed by atoms with E-state index in [1.165, 1.54) is 6.33 Å². The molecule has 122 valence electrons. The molecule has 0 spiro atoms. The average molecular weight is 335 g/mol. The zero-order valence-corrected chi connectivity index (χ0v) is 13.9. The van der Waals surface area contributed by atoms with Crippen molar-refractivity contribution < 1.29 is 4.74 Å². The highest BCUT2D eigenvalue weighted by Crippen LogP contribution is 2.21. The van der Waals surface area contributed by atoms with E-state index in [-0.39, 0.29) is 0 Å². The van der Waals surface area contributed by atoms with Crippen molar-refractivity contribution in [1.82, 2.24) is 9.97 Å². The van der Waals surface area contributed by atoms with Crippen LogP contribution in [0.15, 0.2) is 29.7 Å². The fraction of sp³-hybridized carbons (Fsp3) is 0.375. The van der Waals surface area contributed by atoms with E-state index in [0.717, 1.165) is 22.6 Å². The van der Waals surface area contributed by atoms with Crippen LogP contribution in [0.4, 0.5) is 5.82 Å². The van der Waals surface area contributed by atoms with Crippen molar-refractivity contribution in [2.24, 2.45) is 5.18 Å². The van der Waals surface area contributed by atoms with Crippen LogP contribution >= 0.6 is 11.6 Å². The molecule has 1 heterocycles. The quantitative estimate of drug-likeness (QED) is 0.590. The van der Waals surface area contributed by atoms with Crippen molar-refractivity contribution in [1.29, 1.82) is 0 Å². The Hall–Kier alpha value is -2.21. The van der Waals surface area contributed by atoms with Crippen molar-refractivity contribution in [3.63, 3.8) is 0 Å². The van der Waals surface area contributed by atoms with Gasteiger partial charge in [0.25, 0.3) is 0 Å². The molecule has 7 heteroatoms. The van der Waals surface area contributed by atoms with Gasteiger partial charge in [0.2, 0.25) is 0 Å². The lowest BCUT2D eigenvalue weighted by atomic mass is 10.1. The van der Waals surface area contributed by atoms with Crippen LogP contribution in [0.25, 0.3) is 0 Å². The van der Waals surface area contributed by atoms with Crippen molar-refractivity contribution in [3.05, 3.63) is 51.3 Å². The van der Waals surface area contributed by atoms with Crippen LogP contribution < -0.4 is 10.1 Å². The monoisotopic (exact) mass is 334 g/mol. The van der Waals surface area contributed by atoms with E-state index in [4.69, 9.17) is 16.3 Å². The SMILES string of the molecule is Cc1cc(CCN=O)ccc1OCCNc1ncnc(C)c1Cl. The Labute approximate surface area is 140 Å². The number of nitrogens with zero attached hydrogens (tertiary/aromatic N) is 3. The van der Waals surface area contributed by atoms with Gasteiger partial charge in [0.05, 0.1) is 18.8 Å². The lowest BCUT2D eigenvalue weighted by Crippen LogP contribution is -2.13. The van der Waals surface area contributed by atoms with Gasteiger partial charge < -0.3 is 10.1 Å². The first-order valence-corrected chi connectivity index (χ1v) is 7.72. The van der Waals surface area contributed by atoms with Crippen LogP contribution in [0, 0.1) is 18.8 Å². The third kappa shape index (κ3) is 4.89. The number of hydrogen-bond acceptors (Lipinski definition) is 6. The fourth-order valence-electron chi connectivity index (χ4n) is 2.12. The molecular weight excluding hydrogens is 316 g/mol. The molecule has 0 saturated heterocycles. The van der Waals surface area contributed by atoms with Gasteiger partial charge in [0.1, 0.15) is 29.5 Å². The normalized spacial score (nSPS) is 10.4. The zero-order valence-electron chi connectivity index (χ0n) is 13.2. The largest absolute Gasteiger partial charge is 0.491 e. The van der Waals surface area contributed by atoms with Gasteiger partial charge in [0.15, 0.2) is 0 Å². The summed E-state index contributed by atoms with van der Waals surface area (Å²) < 4.78 is 5.75. The first-order valence-electron chi connectivity index (χ1n) is 7.34. The van der Waals surface area contributed by atoms with Crippen LogP contribution in [0.5, 0.6) is 5.75 Å². The standard InChI is InChI=1S/C16H19ClN4O2/c1-11-9-13(5-6-21-22)3-4-14(11)23-8-7-18-16-15(17)12(2)19-10-20-16/h3-4,9-10H,5-8H2,1-2H3,(H,18,19,20). The number of hydrogen-bond donors (Lipinski definition) is 1. The van der Waals surface area contributed by atoms with Gasteiger partial charge in [-0.05, 0) is 37.5 Å². The first-order chi connectivity index (χ1) is 11.1. The molecule has 0 fully saturated rings. The Bertz CT molecular complexity index is 679. The predicted octanol–water partition coefficient (Wildman–Crippen LogP) is 3.55. The van der Waals surface area contributed by atoms with Crippen LogP contribution in [-0.4, -0.2) is 29.7 Å². The third-order valence-electron chi connectivity index (χ3n) is 3.35. The van der Waals surface area contributed by atoms with Crippen molar-refractivity contribution in [2.45, 2.75) is 20.3 Å². The summed E-state index contributed by atoms with van der Waals surface area (Å²) in [5.41, 5.74) is 2.85. The minimum atomic E-state index is 0.294. The van der Waals surface area contributed by atoms with Gasteiger partial charge in [-0.1, -0.05) is 28.9 Å². The van der Waals surface area contributed by atoms with Gasteiger partial charge in [-0.15, -0.1) is 0 Å². The molecule has 0 atom stereocenters. The molecule has 0 bridgehead atoms. The minimum Gasteiger partial charge on any atom is -0.491 e.